The largest absolute Gasteiger partial charge is 0.220 e. The van der Waals surface area contributed by atoms with Gasteiger partial charge in [-0.1, -0.05) is 35.5 Å². The highest BCUT2D eigenvalue weighted by molar-refractivity contribution is 5.59. The van der Waals surface area contributed by atoms with Crippen molar-refractivity contribution in [3.05, 3.63) is 66.4 Å². The van der Waals surface area contributed by atoms with Crippen molar-refractivity contribution in [3.8, 4) is 23.0 Å². The van der Waals surface area contributed by atoms with E-state index in [0.29, 0.717) is 5.56 Å². The van der Waals surface area contributed by atoms with Crippen LogP contribution in [0.1, 0.15) is 5.56 Å². The summed E-state index contributed by atoms with van der Waals surface area (Å²) in [5, 5.41) is 17.0. The number of rotatable bonds is 2. The molecule has 0 aliphatic carbocycles. The maximum atomic E-state index is 8.77. The average molecular weight is 246 g/mol. The molecule has 0 atom stereocenters. The lowest BCUT2D eigenvalue weighted by atomic mass is 10.1. The predicted molar refractivity (Wildman–Crippen MR) is 71.5 cm³/mol. The Labute approximate surface area is 110 Å². The minimum Gasteiger partial charge on any atom is -0.220 e. The summed E-state index contributed by atoms with van der Waals surface area (Å²) in [6.07, 6.45) is 1.87. The number of nitrogens with zero attached hydrogens (tertiary/aromatic N) is 4. The van der Waals surface area contributed by atoms with Crippen LogP contribution < -0.4 is 0 Å². The fourth-order valence-corrected chi connectivity index (χ4v) is 1.82. The van der Waals surface area contributed by atoms with Crippen LogP contribution in [-0.4, -0.2) is 15.0 Å². The van der Waals surface area contributed by atoms with E-state index in [4.69, 9.17) is 5.26 Å². The van der Waals surface area contributed by atoms with Gasteiger partial charge in [0.25, 0.3) is 0 Å². The maximum Gasteiger partial charge on any atom is 0.113 e. The zero-order valence-electron chi connectivity index (χ0n) is 10.1. The molecule has 0 fully saturated rings. The van der Waals surface area contributed by atoms with Gasteiger partial charge in [-0.3, -0.25) is 0 Å². The molecule has 19 heavy (non-hydrogen) atoms. The molecule has 0 amide bonds. The predicted octanol–water partition coefficient (Wildman–Crippen LogP) is 2.81. The van der Waals surface area contributed by atoms with Gasteiger partial charge in [-0.2, -0.15) is 5.26 Å². The van der Waals surface area contributed by atoms with E-state index < -0.39 is 0 Å². The SMILES string of the molecule is N#Cc1ccc(-c2cn(-c3ccccc3)nn2)cc1. The molecular weight excluding hydrogens is 236 g/mol. The standard InChI is InChI=1S/C15H10N4/c16-10-12-6-8-13(9-7-12)15-11-19(18-17-15)14-4-2-1-3-5-14/h1-9,11H. The molecule has 4 nitrogen and oxygen atoms in total. The van der Waals surface area contributed by atoms with Gasteiger partial charge < -0.3 is 0 Å². The van der Waals surface area contributed by atoms with Crippen LogP contribution in [-0.2, 0) is 0 Å². The Bertz CT molecular complexity index is 721. The summed E-state index contributed by atoms with van der Waals surface area (Å²) >= 11 is 0. The summed E-state index contributed by atoms with van der Waals surface area (Å²) in [5.74, 6) is 0. The Morgan fingerprint density at radius 2 is 1.68 bits per heavy atom. The molecule has 0 unspecified atom stereocenters. The molecule has 4 heteroatoms. The van der Waals surface area contributed by atoms with Gasteiger partial charge in [-0.05, 0) is 24.3 Å². The number of hydrogen-bond acceptors (Lipinski definition) is 3. The van der Waals surface area contributed by atoms with Crippen LogP contribution in [0.4, 0.5) is 0 Å². The highest BCUT2D eigenvalue weighted by Gasteiger charge is 2.04. The zero-order chi connectivity index (χ0) is 13.1. The van der Waals surface area contributed by atoms with Gasteiger partial charge in [0, 0.05) is 5.56 Å². The summed E-state index contributed by atoms with van der Waals surface area (Å²) < 4.78 is 1.73. The first-order valence-electron chi connectivity index (χ1n) is 5.85. The Morgan fingerprint density at radius 3 is 2.37 bits per heavy atom. The van der Waals surface area contributed by atoms with Crippen LogP contribution in [0.5, 0.6) is 0 Å². The molecule has 0 aliphatic rings. The molecule has 0 N–H and O–H groups in total. The van der Waals surface area contributed by atoms with Crippen molar-refractivity contribution in [3.63, 3.8) is 0 Å². The van der Waals surface area contributed by atoms with Crippen LogP contribution in [0.15, 0.2) is 60.8 Å². The summed E-state index contributed by atoms with van der Waals surface area (Å²) in [5.41, 5.74) is 3.34. The molecule has 0 radical (unpaired) electrons. The first kappa shape index (κ1) is 11.2. The van der Waals surface area contributed by atoms with E-state index in [2.05, 4.69) is 16.4 Å². The molecule has 0 saturated carbocycles. The monoisotopic (exact) mass is 246 g/mol. The molecule has 1 aromatic heterocycles. The van der Waals surface area contributed by atoms with Crippen LogP contribution in [0, 0.1) is 11.3 Å². The number of para-hydroxylation sites is 1. The Hall–Kier alpha value is -2.93. The van der Waals surface area contributed by atoms with Crippen molar-refractivity contribution < 1.29 is 0 Å². The van der Waals surface area contributed by atoms with Gasteiger partial charge >= 0.3 is 0 Å². The van der Waals surface area contributed by atoms with Crippen molar-refractivity contribution >= 4 is 0 Å². The van der Waals surface area contributed by atoms with Crippen LogP contribution in [0.2, 0.25) is 0 Å². The summed E-state index contributed by atoms with van der Waals surface area (Å²) in [4.78, 5) is 0. The Kier molecular flexibility index (Phi) is 2.79. The van der Waals surface area contributed by atoms with Gasteiger partial charge in [0.2, 0.25) is 0 Å². The fourth-order valence-electron chi connectivity index (χ4n) is 1.82. The lowest BCUT2D eigenvalue weighted by molar-refractivity contribution is 0.804. The number of benzene rings is 2. The molecular formula is C15H10N4. The topological polar surface area (TPSA) is 54.5 Å². The minimum atomic E-state index is 0.638. The molecule has 0 spiro atoms. The third kappa shape index (κ3) is 2.22. The Morgan fingerprint density at radius 1 is 0.947 bits per heavy atom. The lowest BCUT2D eigenvalue weighted by Gasteiger charge is -1.97. The van der Waals surface area contributed by atoms with Crippen LogP contribution in [0.3, 0.4) is 0 Å². The molecule has 3 aromatic rings. The molecule has 0 aliphatic heterocycles. The Balaban J connectivity index is 1.95. The quantitative estimate of drug-likeness (QED) is 0.698. The lowest BCUT2D eigenvalue weighted by Crippen LogP contribution is -1.93. The van der Waals surface area contributed by atoms with Crippen molar-refractivity contribution in [2.75, 3.05) is 0 Å². The van der Waals surface area contributed by atoms with Gasteiger partial charge in [0.05, 0.1) is 23.5 Å². The summed E-state index contributed by atoms with van der Waals surface area (Å²) in [6.45, 7) is 0. The summed E-state index contributed by atoms with van der Waals surface area (Å²) in [7, 11) is 0. The highest BCUT2D eigenvalue weighted by atomic mass is 15.4. The van der Waals surface area contributed by atoms with Crippen molar-refractivity contribution in [1.29, 1.82) is 5.26 Å². The van der Waals surface area contributed by atoms with Gasteiger partial charge in [0.15, 0.2) is 0 Å². The van der Waals surface area contributed by atoms with E-state index in [1.807, 2.05) is 48.7 Å². The molecule has 3 rings (SSSR count). The van der Waals surface area contributed by atoms with Crippen LogP contribution in [0.25, 0.3) is 16.9 Å². The minimum absolute atomic E-state index is 0.638. The first-order chi connectivity index (χ1) is 9.36. The second-order valence-electron chi connectivity index (χ2n) is 4.07. The van der Waals surface area contributed by atoms with E-state index in [-0.39, 0.29) is 0 Å². The third-order valence-electron chi connectivity index (χ3n) is 2.82. The van der Waals surface area contributed by atoms with Gasteiger partial charge in [0.1, 0.15) is 5.69 Å². The maximum absolute atomic E-state index is 8.77. The molecule has 0 saturated heterocycles. The van der Waals surface area contributed by atoms with Crippen molar-refractivity contribution in [1.82, 2.24) is 15.0 Å². The molecule has 2 aromatic carbocycles. The second-order valence-corrected chi connectivity index (χ2v) is 4.07. The highest BCUT2D eigenvalue weighted by Crippen LogP contribution is 2.18. The van der Waals surface area contributed by atoms with Crippen molar-refractivity contribution in [2.24, 2.45) is 0 Å². The van der Waals surface area contributed by atoms with E-state index >= 15 is 0 Å². The van der Waals surface area contributed by atoms with E-state index in [9.17, 15) is 0 Å². The van der Waals surface area contributed by atoms with Gasteiger partial charge in [-0.25, -0.2) is 4.68 Å². The molecule has 0 bridgehead atoms. The molecule has 1 heterocycles. The normalized spacial score (nSPS) is 10.1. The van der Waals surface area contributed by atoms with E-state index in [1.165, 1.54) is 0 Å². The fraction of sp³-hybridized carbons (Fsp3) is 0. The first-order valence-corrected chi connectivity index (χ1v) is 5.85. The second kappa shape index (κ2) is 4.75. The van der Waals surface area contributed by atoms with E-state index in [1.54, 1.807) is 16.8 Å². The number of hydrogen-bond donors (Lipinski definition) is 0. The zero-order valence-corrected chi connectivity index (χ0v) is 10.1. The van der Waals surface area contributed by atoms with Gasteiger partial charge in [-0.15, -0.1) is 5.10 Å². The smallest absolute Gasteiger partial charge is 0.113 e. The number of nitriles is 1. The van der Waals surface area contributed by atoms with E-state index in [0.717, 1.165) is 16.9 Å². The average Bonchev–Trinajstić information content (AvgIpc) is 2.98. The summed E-state index contributed by atoms with van der Waals surface area (Å²) in [6, 6.07) is 19.2. The number of aromatic nitrogens is 3. The van der Waals surface area contributed by atoms with Crippen molar-refractivity contribution in [2.45, 2.75) is 0 Å². The van der Waals surface area contributed by atoms with Crippen LogP contribution >= 0.6 is 0 Å². The third-order valence-corrected chi connectivity index (χ3v) is 2.82. The molecule has 90 valence electrons.